The molecule has 0 aliphatic carbocycles. The molecule has 0 radical (unpaired) electrons. The van der Waals surface area contributed by atoms with Crippen LogP contribution < -0.4 is 10.1 Å². The maximum Gasteiger partial charge on any atom is 0.250 e. The summed E-state index contributed by atoms with van der Waals surface area (Å²) in [6.45, 7) is 4.76. The minimum atomic E-state index is -0.217. The highest BCUT2D eigenvalue weighted by Gasteiger charge is 2.07. The van der Waals surface area contributed by atoms with Crippen molar-refractivity contribution in [2.45, 2.75) is 20.3 Å². The van der Waals surface area contributed by atoms with Crippen LogP contribution in [0.3, 0.4) is 0 Å². The topological polar surface area (TPSA) is 51.2 Å². The first-order chi connectivity index (χ1) is 13.2. The molecule has 2 aromatic carbocycles. The minimum Gasteiger partial charge on any atom is -0.493 e. The van der Waals surface area contributed by atoms with Crippen LogP contribution in [0.2, 0.25) is 0 Å². The Bertz CT molecular complexity index is 929. The van der Waals surface area contributed by atoms with Gasteiger partial charge in [0.25, 0.3) is 0 Å². The Morgan fingerprint density at radius 3 is 2.74 bits per heavy atom. The van der Waals surface area contributed by atoms with Gasteiger partial charge in [-0.25, -0.2) is 4.98 Å². The number of benzene rings is 2. The van der Waals surface area contributed by atoms with Crippen molar-refractivity contribution < 1.29 is 9.53 Å². The number of nitrogens with one attached hydrogen (secondary N) is 1. The lowest BCUT2D eigenvalue weighted by Crippen LogP contribution is -2.07. The zero-order chi connectivity index (χ0) is 19.1. The van der Waals surface area contributed by atoms with E-state index in [9.17, 15) is 4.79 Å². The van der Waals surface area contributed by atoms with Crippen LogP contribution in [0.5, 0.6) is 5.75 Å². The van der Waals surface area contributed by atoms with Crippen LogP contribution in [-0.4, -0.2) is 17.5 Å². The molecule has 0 spiro atoms. The summed E-state index contributed by atoms with van der Waals surface area (Å²) in [5.41, 5.74) is 3.98. The van der Waals surface area contributed by atoms with Gasteiger partial charge in [0.05, 0.1) is 12.3 Å². The first kappa shape index (κ1) is 18.9. The minimum absolute atomic E-state index is 0.217. The Morgan fingerprint density at radius 2 is 1.96 bits per heavy atom. The quantitative estimate of drug-likeness (QED) is 0.548. The molecule has 27 heavy (non-hydrogen) atoms. The predicted octanol–water partition coefficient (Wildman–Crippen LogP) is 5.56. The van der Waals surface area contributed by atoms with E-state index < -0.39 is 0 Å². The number of hydrogen-bond acceptors (Lipinski definition) is 4. The highest BCUT2D eigenvalue weighted by molar-refractivity contribution is 7.14. The normalized spacial score (nSPS) is 10.9. The summed E-state index contributed by atoms with van der Waals surface area (Å²) >= 11 is 1.41. The summed E-state index contributed by atoms with van der Waals surface area (Å²) in [6, 6.07) is 15.8. The first-order valence-electron chi connectivity index (χ1n) is 8.89. The van der Waals surface area contributed by atoms with Gasteiger partial charge in [-0.3, -0.25) is 10.1 Å². The van der Waals surface area contributed by atoms with Crippen LogP contribution in [0.4, 0.5) is 5.13 Å². The molecule has 138 valence electrons. The largest absolute Gasteiger partial charge is 0.493 e. The molecule has 3 aromatic rings. The van der Waals surface area contributed by atoms with Crippen molar-refractivity contribution in [1.82, 2.24) is 4.98 Å². The van der Waals surface area contributed by atoms with Crippen LogP contribution in [-0.2, 0) is 4.79 Å². The van der Waals surface area contributed by atoms with Crippen molar-refractivity contribution in [3.8, 4) is 17.0 Å². The number of thiazole rings is 1. The molecule has 1 heterocycles. The third-order valence-corrected chi connectivity index (χ3v) is 4.63. The van der Waals surface area contributed by atoms with Gasteiger partial charge in [0.1, 0.15) is 5.75 Å². The van der Waals surface area contributed by atoms with Crippen molar-refractivity contribution in [1.29, 1.82) is 0 Å². The lowest BCUT2D eigenvalue weighted by atomic mass is 10.1. The first-order valence-corrected chi connectivity index (χ1v) is 9.77. The second-order valence-electron chi connectivity index (χ2n) is 6.11. The fraction of sp³-hybridized carbons (Fsp3) is 0.182. The van der Waals surface area contributed by atoms with Crippen LogP contribution >= 0.6 is 11.3 Å². The van der Waals surface area contributed by atoms with Gasteiger partial charge >= 0.3 is 0 Å². The van der Waals surface area contributed by atoms with Gasteiger partial charge in [0, 0.05) is 22.6 Å². The zero-order valence-corrected chi connectivity index (χ0v) is 16.3. The van der Waals surface area contributed by atoms with E-state index in [-0.39, 0.29) is 5.91 Å². The third-order valence-electron chi connectivity index (χ3n) is 3.88. The van der Waals surface area contributed by atoms with Crippen molar-refractivity contribution in [2.75, 3.05) is 11.9 Å². The fourth-order valence-electron chi connectivity index (χ4n) is 2.46. The molecule has 0 atom stereocenters. The van der Waals surface area contributed by atoms with Crippen molar-refractivity contribution in [3.05, 3.63) is 71.1 Å². The van der Waals surface area contributed by atoms with Gasteiger partial charge in [0.2, 0.25) is 5.91 Å². The van der Waals surface area contributed by atoms with E-state index in [1.807, 2.05) is 60.8 Å². The van der Waals surface area contributed by atoms with Gasteiger partial charge < -0.3 is 4.74 Å². The number of hydrogen-bond donors (Lipinski definition) is 1. The molecule has 0 unspecified atom stereocenters. The Morgan fingerprint density at radius 1 is 1.19 bits per heavy atom. The number of anilines is 1. The summed E-state index contributed by atoms with van der Waals surface area (Å²) < 4.78 is 5.70. The average Bonchev–Trinajstić information content (AvgIpc) is 3.14. The number of amides is 1. The molecule has 3 rings (SSSR count). The third kappa shape index (κ3) is 5.28. The van der Waals surface area contributed by atoms with Crippen LogP contribution in [0.15, 0.2) is 60.0 Å². The molecule has 0 saturated carbocycles. The molecule has 0 aliphatic heterocycles. The van der Waals surface area contributed by atoms with E-state index in [0.717, 1.165) is 29.0 Å². The molecule has 0 bridgehead atoms. The van der Waals surface area contributed by atoms with E-state index in [2.05, 4.69) is 17.2 Å². The lowest BCUT2D eigenvalue weighted by Gasteiger charge is -2.07. The second-order valence-corrected chi connectivity index (χ2v) is 6.97. The maximum atomic E-state index is 12.2. The van der Waals surface area contributed by atoms with Crippen LogP contribution in [0, 0.1) is 6.92 Å². The molecule has 0 fully saturated rings. The highest BCUT2D eigenvalue weighted by Crippen LogP contribution is 2.25. The smallest absolute Gasteiger partial charge is 0.250 e. The summed E-state index contributed by atoms with van der Waals surface area (Å²) in [5, 5.41) is 5.34. The Labute approximate surface area is 163 Å². The Balaban J connectivity index is 1.65. The fourth-order valence-corrected chi connectivity index (χ4v) is 3.18. The number of aryl methyl sites for hydroxylation is 1. The molecule has 1 aromatic heterocycles. The van der Waals surface area contributed by atoms with E-state index in [1.165, 1.54) is 23.0 Å². The van der Waals surface area contributed by atoms with E-state index in [1.54, 1.807) is 6.08 Å². The number of carbonyl (C=O) groups excluding carboxylic acids is 1. The second kappa shape index (κ2) is 9.14. The number of rotatable bonds is 7. The zero-order valence-electron chi connectivity index (χ0n) is 15.4. The van der Waals surface area contributed by atoms with Gasteiger partial charge in [-0.05, 0) is 25.5 Å². The van der Waals surface area contributed by atoms with E-state index in [0.29, 0.717) is 11.7 Å². The van der Waals surface area contributed by atoms with Crippen LogP contribution in [0.1, 0.15) is 24.5 Å². The van der Waals surface area contributed by atoms with Gasteiger partial charge in [-0.2, -0.15) is 0 Å². The molecule has 0 aliphatic rings. The number of aromatic nitrogens is 1. The molecular formula is C22H22N2O2S. The van der Waals surface area contributed by atoms with Crippen molar-refractivity contribution >= 4 is 28.5 Å². The monoisotopic (exact) mass is 378 g/mol. The molecule has 1 N–H and O–H groups in total. The average molecular weight is 378 g/mol. The molecule has 4 nitrogen and oxygen atoms in total. The molecule has 5 heteroatoms. The predicted molar refractivity (Wildman–Crippen MR) is 112 cm³/mol. The van der Waals surface area contributed by atoms with Gasteiger partial charge in [-0.1, -0.05) is 55.0 Å². The number of ether oxygens (including phenoxy) is 1. The van der Waals surface area contributed by atoms with Crippen molar-refractivity contribution in [3.63, 3.8) is 0 Å². The Kier molecular flexibility index (Phi) is 6.39. The summed E-state index contributed by atoms with van der Waals surface area (Å²) in [6.07, 6.45) is 4.20. The maximum absolute atomic E-state index is 12.2. The highest BCUT2D eigenvalue weighted by atomic mass is 32.1. The SMILES string of the molecule is CCCOc1ccccc1/C=C/C(=O)Nc1nc(-c2ccc(C)cc2)cs1. The number of para-hydroxylation sites is 1. The van der Waals surface area contributed by atoms with Crippen molar-refractivity contribution in [2.24, 2.45) is 0 Å². The number of nitrogens with zero attached hydrogens (tertiary/aromatic N) is 1. The standard InChI is InChI=1S/C22H22N2O2S/c1-3-14-26-20-7-5-4-6-18(20)12-13-21(25)24-22-23-19(15-27-22)17-10-8-16(2)9-11-17/h4-13,15H,3,14H2,1-2H3,(H,23,24,25)/b13-12+. The van der Waals surface area contributed by atoms with Gasteiger partial charge in [0.15, 0.2) is 5.13 Å². The van der Waals surface area contributed by atoms with Crippen LogP contribution in [0.25, 0.3) is 17.3 Å². The summed E-state index contributed by atoms with van der Waals surface area (Å²) in [5.74, 6) is 0.560. The van der Waals surface area contributed by atoms with Gasteiger partial charge in [-0.15, -0.1) is 11.3 Å². The Hall–Kier alpha value is -2.92. The molecular weight excluding hydrogens is 356 g/mol. The molecule has 1 amide bonds. The molecule has 0 saturated heterocycles. The number of carbonyl (C=O) groups is 1. The lowest BCUT2D eigenvalue weighted by molar-refractivity contribution is -0.111. The summed E-state index contributed by atoms with van der Waals surface area (Å²) in [4.78, 5) is 16.7. The van der Waals surface area contributed by atoms with E-state index >= 15 is 0 Å². The van der Waals surface area contributed by atoms with E-state index in [4.69, 9.17) is 4.74 Å². The summed E-state index contributed by atoms with van der Waals surface area (Å²) in [7, 11) is 0.